The number of halogens is 4. The van der Waals surface area contributed by atoms with E-state index in [2.05, 4.69) is 15.5 Å². The molecule has 3 aliphatic carbocycles. The van der Waals surface area contributed by atoms with E-state index in [1.807, 2.05) is 0 Å². The van der Waals surface area contributed by atoms with E-state index in [4.69, 9.17) is 37.1 Å². The molecule has 1 heterocycles. The quantitative estimate of drug-likeness (QED) is 0.437. The van der Waals surface area contributed by atoms with Gasteiger partial charge in [0.25, 0.3) is 5.91 Å². The molecule has 12 heteroatoms. The van der Waals surface area contributed by atoms with Crippen molar-refractivity contribution in [2.45, 2.75) is 49.2 Å². The zero-order valence-electron chi connectivity index (χ0n) is 18.8. The van der Waals surface area contributed by atoms with Crippen LogP contribution in [0.25, 0.3) is 0 Å². The zero-order valence-corrected chi connectivity index (χ0v) is 20.3. The van der Waals surface area contributed by atoms with Crippen molar-refractivity contribution in [3.63, 3.8) is 0 Å². The molecule has 1 atom stereocenters. The van der Waals surface area contributed by atoms with E-state index >= 15 is 0 Å². The Morgan fingerprint density at radius 1 is 1.06 bits per heavy atom. The van der Waals surface area contributed by atoms with Crippen LogP contribution in [0.3, 0.4) is 0 Å². The maximum atomic E-state index is 13.7. The summed E-state index contributed by atoms with van der Waals surface area (Å²) >= 11 is 11.3. The molecule has 36 heavy (non-hydrogen) atoms. The van der Waals surface area contributed by atoms with E-state index in [0.717, 1.165) is 12.1 Å². The van der Waals surface area contributed by atoms with Crippen molar-refractivity contribution in [3.8, 4) is 17.6 Å². The van der Waals surface area contributed by atoms with Gasteiger partial charge in [-0.2, -0.15) is 0 Å². The van der Waals surface area contributed by atoms with E-state index in [1.54, 1.807) is 0 Å². The van der Waals surface area contributed by atoms with Crippen LogP contribution in [0.2, 0.25) is 10.0 Å². The average Bonchev–Trinajstić information content (AvgIpc) is 3.32. The first-order chi connectivity index (χ1) is 17.2. The van der Waals surface area contributed by atoms with Gasteiger partial charge in [0.1, 0.15) is 23.1 Å². The third kappa shape index (κ3) is 4.72. The number of hydrogen-bond acceptors (Lipinski definition) is 7. The van der Waals surface area contributed by atoms with Crippen molar-refractivity contribution in [3.05, 3.63) is 64.0 Å². The first-order valence-electron chi connectivity index (χ1n) is 11.2. The Morgan fingerprint density at radius 3 is 2.33 bits per heavy atom. The summed E-state index contributed by atoms with van der Waals surface area (Å²) in [5, 5.41) is 21.9. The van der Waals surface area contributed by atoms with E-state index in [0.29, 0.717) is 25.7 Å². The molecule has 8 nitrogen and oxygen atoms in total. The van der Waals surface area contributed by atoms with Crippen LogP contribution in [0.15, 0.2) is 40.8 Å². The topological polar surface area (TPSA) is 107 Å². The fourth-order valence-electron chi connectivity index (χ4n) is 4.95. The van der Waals surface area contributed by atoms with Gasteiger partial charge in [0.15, 0.2) is 6.61 Å². The van der Waals surface area contributed by atoms with Crippen molar-refractivity contribution >= 4 is 29.1 Å². The molecule has 3 fully saturated rings. The fourth-order valence-corrected chi connectivity index (χ4v) is 5.19. The summed E-state index contributed by atoms with van der Waals surface area (Å²) in [4.78, 5) is 12.6. The van der Waals surface area contributed by atoms with Crippen molar-refractivity contribution < 1.29 is 32.6 Å². The molecule has 2 aromatic carbocycles. The standard InChI is InChI=1S/C24H21Cl2F2N3O5/c25-15-3-1-13(9-17(15)27)34-12-20(33)29-23-5-7-24(8-6-23,19(32)11-23)21-30-31-22(36-21)35-14-2-4-16(26)18(28)10-14/h1-4,9-10,19,32H,5-8,11-12H2,(H,29,33)/t19-,23?,24?/m1/s1. The first-order valence-corrected chi connectivity index (χ1v) is 12.0. The number of aliphatic hydroxyl groups is 1. The molecule has 1 amide bonds. The largest absolute Gasteiger partial charge is 0.484 e. The molecule has 0 aliphatic heterocycles. The number of aliphatic hydroxyl groups excluding tert-OH is 1. The molecular formula is C24H21Cl2F2N3O5. The van der Waals surface area contributed by atoms with E-state index in [9.17, 15) is 18.7 Å². The van der Waals surface area contributed by atoms with Crippen LogP contribution in [-0.4, -0.2) is 39.5 Å². The number of carbonyl (C=O) groups excluding carboxylic acids is 1. The van der Waals surface area contributed by atoms with Gasteiger partial charge in [0.2, 0.25) is 5.89 Å². The molecule has 0 spiro atoms. The summed E-state index contributed by atoms with van der Waals surface area (Å²) in [5.41, 5.74) is -1.38. The Labute approximate surface area is 214 Å². The van der Waals surface area contributed by atoms with Crippen LogP contribution in [-0.2, 0) is 10.2 Å². The predicted molar refractivity (Wildman–Crippen MR) is 124 cm³/mol. The van der Waals surface area contributed by atoms with Crippen molar-refractivity contribution in [2.24, 2.45) is 0 Å². The molecule has 0 radical (unpaired) electrons. The average molecular weight is 540 g/mol. The monoisotopic (exact) mass is 539 g/mol. The van der Waals surface area contributed by atoms with Gasteiger partial charge in [-0.3, -0.25) is 4.79 Å². The van der Waals surface area contributed by atoms with Gasteiger partial charge in [-0.1, -0.05) is 28.3 Å². The minimum absolute atomic E-state index is 0.0358. The summed E-state index contributed by atoms with van der Waals surface area (Å²) in [6, 6.07) is 7.85. The number of rotatable bonds is 7. The summed E-state index contributed by atoms with van der Waals surface area (Å²) < 4.78 is 43.8. The highest BCUT2D eigenvalue weighted by molar-refractivity contribution is 6.31. The Hall–Kier alpha value is -2.95. The lowest BCUT2D eigenvalue weighted by Gasteiger charge is -2.54. The van der Waals surface area contributed by atoms with Crippen molar-refractivity contribution in [1.82, 2.24) is 15.5 Å². The summed E-state index contributed by atoms with van der Waals surface area (Å²) in [6.45, 7) is -0.306. The van der Waals surface area contributed by atoms with Gasteiger partial charge in [-0.05, 0) is 56.4 Å². The third-order valence-corrected chi connectivity index (χ3v) is 7.53. The van der Waals surface area contributed by atoms with Crippen LogP contribution in [0, 0.1) is 11.6 Å². The number of aromatic nitrogens is 2. The lowest BCUT2D eigenvalue weighted by Crippen LogP contribution is -2.64. The van der Waals surface area contributed by atoms with Crippen LogP contribution >= 0.6 is 23.2 Å². The van der Waals surface area contributed by atoms with E-state index < -0.39 is 28.7 Å². The number of nitrogens with one attached hydrogen (secondary N) is 1. The fraction of sp³-hybridized carbons (Fsp3) is 0.375. The SMILES string of the molecule is O=C(COc1ccc(Cl)c(F)c1)NC12CCC(c3nnc(Oc4ccc(Cl)c(F)c4)o3)(CC1)[C@H](O)C2. The number of fused-ring (bicyclic) bond motifs is 3. The number of nitrogens with zero attached hydrogens (tertiary/aromatic N) is 2. The number of hydrogen-bond donors (Lipinski definition) is 2. The number of benzene rings is 2. The molecule has 3 aromatic rings. The molecular weight excluding hydrogens is 519 g/mol. The Kier molecular flexibility index (Phi) is 6.52. The summed E-state index contributed by atoms with van der Waals surface area (Å²) in [6.07, 6.45) is 1.39. The van der Waals surface area contributed by atoms with Gasteiger partial charge in [-0.25, -0.2) is 8.78 Å². The highest BCUT2D eigenvalue weighted by atomic mass is 35.5. The molecule has 2 N–H and O–H groups in total. The van der Waals surface area contributed by atoms with Crippen LogP contribution in [0.1, 0.15) is 38.0 Å². The van der Waals surface area contributed by atoms with Gasteiger partial charge in [-0.15, -0.1) is 5.10 Å². The molecule has 2 bridgehead atoms. The van der Waals surface area contributed by atoms with Crippen molar-refractivity contribution in [1.29, 1.82) is 0 Å². The van der Waals surface area contributed by atoms with E-state index in [-0.39, 0.29) is 52.4 Å². The number of amides is 1. The number of ether oxygens (including phenoxy) is 2. The number of carbonyl (C=O) groups is 1. The van der Waals surface area contributed by atoms with E-state index in [1.165, 1.54) is 24.3 Å². The Balaban J connectivity index is 1.21. The molecule has 3 aliphatic rings. The molecule has 3 saturated carbocycles. The minimum atomic E-state index is -0.854. The molecule has 0 unspecified atom stereocenters. The lowest BCUT2D eigenvalue weighted by molar-refractivity contribution is -0.129. The predicted octanol–water partition coefficient (Wildman–Crippen LogP) is 4.96. The second kappa shape index (κ2) is 9.49. The highest BCUT2D eigenvalue weighted by Crippen LogP contribution is 2.53. The molecule has 190 valence electrons. The minimum Gasteiger partial charge on any atom is -0.484 e. The Morgan fingerprint density at radius 2 is 1.69 bits per heavy atom. The van der Waals surface area contributed by atoms with Gasteiger partial charge in [0, 0.05) is 17.7 Å². The zero-order chi connectivity index (χ0) is 25.5. The van der Waals surface area contributed by atoms with Crippen LogP contribution in [0.4, 0.5) is 8.78 Å². The third-order valence-electron chi connectivity index (χ3n) is 6.92. The van der Waals surface area contributed by atoms with Gasteiger partial charge in [0.05, 0.1) is 21.6 Å². The molecule has 6 rings (SSSR count). The normalized spacial score (nSPS) is 25.0. The highest BCUT2D eigenvalue weighted by Gasteiger charge is 2.58. The summed E-state index contributed by atoms with van der Waals surface area (Å²) in [5.74, 6) is -1.11. The smallest absolute Gasteiger partial charge is 0.420 e. The summed E-state index contributed by atoms with van der Waals surface area (Å²) in [7, 11) is 0. The van der Waals surface area contributed by atoms with Crippen LogP contribution < -0.4 is 14.8 Å². The first kappa shape index (κ1) is 24.7. The Bertz CT molecular complexity index is 1300. The molecule has 0 saturated heterocycles. The second-order valence-corrected chi connectivity index (χ2v) is 9.93. The van der Waals surface area contributed by atoms with Gasteiger partial charge >= 0.3 is 6.08 Å². The van der Waals surface area contributed by atoms with Gasteiger partial charge < -0.3 is 24.3 Å². The van der Waals surface area contributed by atoms with Crippen molar-refractivity contribution in [2.75, 3.05) is 6.61 Å². The maximum Gasteiger partial charge on any atom is 0.420 e. The lowest BCUT2D eigenvalue weighted by atomic mass is 9.55. The second-order valence-electron chi connectivity index (χ2n) is 9.12. The molecule has 1 aromatic heterocycles. The maximum absolute atomic E-state index is 13.7. The van der Waals surface area contributed by atoms with Crippen LogP contribution in [0.5, 0.6) is 17.6 Å².